The van der Waals surface area contributed by atoms with Gasteiger partial charge in [0.1, 0.15) is 0 Å². The van der Waals surface area contributed by atoms with Gasteiger partial charge in [-0.25, -0.2) is 4.98 Å². The van der Waals surface area contributed by atoms with Crippen LogP contribution >= 0.6 is 27.3 Å². The summed E-state index contributed by atoms with van der Waals surface area (Å²) in [6.07, 6.45) is 0.965. The lowest BCUT2D eigenvalue weighted by molar-refractivity contribution is 0.102. The first kappa shape index (κ1) is 15.6. The molecule has 1 aliphatic heterocycles. The molecule has 1 N–H and O–H groups in total. The van der Waals surface area contributed by atoms with Crippen LogP contribution in [0.1, 0.15) is 33.4 Å². The number of thiazole rings is 1. The first-order valence-corrected chi connectivity index (χ1v) is 8.96. The van der Waals surface area contributed by atoms with Crippen LogP contribution in [0, 0.1) is 6.92 Å². The number of halogens is 1. The quantitative estimate of drug-likeness (QED) is 0.880. The summed E-state index contributed by atoms with van der Waals surface area (Å²) in [7, 11) is 0. The van der Waals surface area contributed by atoms with E-state index in [1.807, 2.05) is 25.1 Å². The van der Waals surface area contributed by atoms with Crippen molar-refractivity contribution < 1.29 is 4.79 Å². The van der Waals surface area contributed by atoms with Crippen LogP contribution in [0.15, 0.2) is 22.7 Å². The van der Waals surface area contributed by atoms with Crippen molar-refractivity contribution in [1.82, 2.24) is 9.88 Å². The number of hydrogen-bond donors (Lipinski definition) is 1. The Labute approximate surface area is 142 Å². The number of benzene rings is 1. The van der Waals surface area contributed by atoms with Crippen LogP contribution in [0.4, 0.5) is 5.13 Å². The Kier molecular flexibility index (Phi) is 4.61. The van der Waals surface area contributed by atoms with Gasteiger partial charge in [0.05, 0.1) is 5.69 Å². The average Bonchev–Trinajstić information content (AvgIpc) is 2.87. The molecule has 4 nitrogen and oxygen atoms in total. The van der Waals surface area contributed by atoms with Gasteiger partial charge in [0.25, 0.3) is 5.91 Å². The average molecular weight is 380 g/mol. The van der Waals surface area contributed by atoms with Crippen molar-refractivity contribution in [2.24, 2.45) is 0 Å². The minimum absolute atomic E-state index is 0.0940. The number of carbonyl (C=O) groups is 1. The highest BCUT2D eigenvalue weighted by Gasteiger charge is 2.20. The molecule has 6 heteroatoms. The number of aromatic nitrogens is 1. The Morgan fingerprint density at radius 3 is 3.05 bits per heavy atom. The van der Waals surface area contributed by atoms with Crippen LogP contribution in [-0.2, 0) is 13.0 Å². The number of amides is 1. The summed E-state index contributed by atoms with van der Waals surface area (Å²) in [5.74, 6) is -0.0940. The van der Waals surface area contributed by atoms with Gasteiger partial charge in [0.15, 0.2) is 5.13 Å². The van der Waals surface area contributed by atoms with Crippen molar-refractivity contribution in [1.29, 1.82) is 0 Å². The van der Waals surface area contributed by atoms with Gasteiger partial charge in [0.2, 0.25) is 0 Å². The van der Waals surface area contributed by atoms with Gasteiger partial charge in [-0.2, -0.15) is 0 Å². The topological polar surface area (TPSA) is 45.2 Å². The first-order valence-electron chi connectivity index (χ1n) is 7.35. The second-order valence-electron chi connectivity index (χ2n) is 5.42. The maximum Gasteiger partial charge on any atom is 0.257 e. The van der Waals surface area contributed by atoms with Gasteiger partial charge < -0.3 is 0 Å². The summed E-state index contributed by atoms with van der Waals surface area (Å²) in [5, 5.41) is 3.65. The fourth-order valence-electron chi connectivity index (χ4n) is 2.62. The van der Waals surface area contributed by atoms with Crippen molar-refractivity contribution in [3.05, 3.63) is 44.4 Å². The molecule has 1 aliphatic rings. The van der Waals surface area contributed by atoms with E-state index in [1.54, 1.807) is 11.3 Å². The van der Waals surface area contributed by atoms with Crippen molar-refractivity contribution in [2.45, 2.75) is 26.8 Å². The van der Waals surface area contributed by atoms with Gasteiger partial charge >= 0.3 is 0 Å². The van der Waals surface area contributed by atoms with Gasteiger partial charge in [-0.1, -0.05) is 22.9 Å². The minimum atomic E-state index is -0.0940. The Balaban J connectivity index is 1.76. The maximum atomic E-state index is 12.4. The van der Waals surface area contributed by atoms with Gasteiger partial charge in [-0.05, 0) is 37.2 Å². The van der Waals surface area contributed by atoms with Gasteiger partial charge in [-0.3, -0.25) is 15.0 Å². The van der Waals surface area contributed by atoms with Crippen LogP contribution in [0.25, 0.3) is 0 Å². The summed E-state index contributed by atoms with van der Waals surface area (Å²) in [6.45, 7) is 7.15. The molecule has 0 aliphatic carbocycles. The highest BCUT2D eigenvalue weighted by Crippen LogP contribution is 2.28. The molecule has 1 amide bonds. The summed E-state index contributed by atoms with van der Waals surface area (Å²) in [4.78, 5) is 20.7. The molecule has 1 aromatic carbocycles. The zero-order valence-electron chi connectivity index (χ0n) is 12.6. The van der Waals surface area contributed by atoms with Gasteiger partial charge in [0, 0.05) is 34.4 Å². The highest BCUT2D eigenvalue weighted by atomic mass is 79.9. The van der Waals surface area contributed by atoms with E-state index in [0.29, 0.717) is 10.7 Å². The summed E-state index contributed by atoms with van der Waals surface area (Å²) >= 11 is 5.01. The lowest BCUT2D eigenvalue weighted by Crippen LogP contribution is -2.29. The molecule has 0 unspecified atom stereocenters. The number of nitrogens with zero attached hydrogens (tertiary/aromatic N) is 2. The van der Waals surface area contributed by atoms with Crippen LogP contribution < -0.4 is 5.32 Å². The SMILES string of the molecule is CCN1CCc2nc(NC(=O)c3ccc(Br)cc3C)sc2C1. The number of rotatable bonds is 3. The van der Waals surface area contributed by atoms with Crippen LogP contribution in [0.5, 0.6) is 0 Å². The fourth-order valence-corrected chi connectivity index (χ4v) is 4.14. The molecule has 0 fully saturated rings. The van der Waals surface area contributed by atoms with E-state index in [1.165, 1.54) is 4.88 Å². The fraction of sp³-hybridized carbons (Fsp3) is 0.375. The number of hydrogen-bond acceptors (Lipinski definition) is 4. The molecule has 2 aromatic rings. The van der Waals surface area contributed by atoms with Crippen LogP contribution in [0.2, 0.25) is 0 Å². The van der Waals surface area contributed by atoms with Crippen LogP contribution in [-0.4, -0.2) is 28.9 Å². The standard InChI is InChI=1S/C16H18BrN3OS/c1-3-20-7-6-13-14(9-20)22-16(18-13)19-15(21)12-5-4-11(17)8-10(12)2/h4-5,8H,3,6-7,9H2,1-2H3,(H,18,19,21). The molecule has 0 saturated carbocycles. The number of carbonyl (C=O) groups excluding carboxylic acids is 1. The Bertz CT molecular complexity index is 713. The third kappa shape index (κ3) is 3.24. The molecule has 1 aromatic heterocycles. The number of fused-ring (bicyclic) bond motifs is 1. The summed E-state index contributed by atoms with van der Waals surface area (Å²) in [5.41, 5.74) is 2.77. The molecule has 0 saturated heterocycles. The highest BCUT2D eigenvalue weighted by molar-refractivity contribution is 9.10. The van der Waals surface area contributed by atoms with E-state index < -0.39 is 0 Å². The molecular formula is C16H18BrN3OS. The third-order valence-electron chi connectivity index (χ3n) is 3.91. The number of anilines is 1. The second-order valence-corrected chi connectivity index (χ2v) is 7.42. The maximum absolute atomic E-state index is 12.4. The van der Waals surface area contributed by atoms with E-state index in [2.05, 4.69) is 38.1 Å². The molecule has 0 bridgehead atoms. The zero-order valence-corrected chi connectivity index (χ0v) is 15.1. The molecule has 0 atom stereocenters. The lowest BCUT2D eigenvalue weighted by Gasteiger charge is -2.23. The monoisotopic (exact) mass is 379 g/mol. The third-order valence-corrected chi connectivity index (χ3v) is 5.40. The summed E-state index contributed by atoms with van der Waals surface area (Å²) < 4.78 is 0.978. The zero-order chi connectivity index (χ0) is 15.7. The molecule has 3 rings (SSSR count). The van der Waals surface area contributed by atoms with E-state index in [9.17, 15) is 4.79 Å². The predicted molar refractivity (Wildman–Crippen MR) is 93.6 cm³/mol. The molecule has 116 valence electrons. The molecule has 0 spiro atoms. The molecule has 22 heavy (non-hydrogen) atoms. The smallest absolute Gasteiger partial charge is 0.257 e. The summed E-state index contributed by atoms with van der Waals surface area (Å²) in [6, 6.07) is 5.66. The van der Waals surface area contributed by atoms with Gasteiger partial charge in [-0.15, -0.1) is 11.3 Å². The Morgan fingerprint density at radius 1 is 1.50 bits per heavy atom. The Hall–Kier alpha value is -1.24. The number of nitrogens with one attached hydrogen (secondary N) is 1. The molecule has 2 heterocycles. The lowest BCUT2D eigenvalue weighted by atomic mass is 10.1. The minimum Gasteiger partial charge on any atom is -0.298 e. The second kappa shape index (κ2) is 6.48. The van der Waals surface area contributed by atoms with Crippen molar-refractivity contribution in [2.75, 3.05) is 18.4 Å². The van der Waals surface area contributed by atoms with E-state index >= 15 is 0 Å². The van der Waals surface area contributed by atoms with Crippen molar-refractivity contribution in [3.8, 4) is 0 Å². The largest absolute Gasteiger partial charge is 0.298 e. The number of likely N-dealkylation sites (N-methyl/N-ethyl adjacent to an activating group) is 1. The first-order chi connectivity index (χ1) is 10.6. The van der Waals surface area contributed by atoms with Crippen molar-refractivity contribution in [3.63, 3.8) is 0 Å². The Morgan fingerprint density at radius 2 is 2.32 bits per heavy atom. The van der Waals surface area contributed by atoms with Crippen molar-refractivity contribution >= 4 is 38.3 Å². The normalized spacial score (nSPS) is 14.7. The number of aryl methyl sites for hydroxylation is 1. The predicted octanol–water partition coefficient (Wildman–Crippen LogP) is 3.84. The van der Waals surface area contributed by atoms with E-state index in [-0.39, 0.29) is 5.91 Å². The molecular weight excluding hydrogens is 362 g/mol. The van der Waals surface area contributed by atoms with E-state index in [0.717, 1.165) is 41.8 Å². The van der Waals surface area contributed by atoms with Crippen LogP contribution in [0.3, 0.4) is 0 Å². The van der Waals surface area contributed by atoms with E-state index in [4.69, 9.17) is 0 Å². The molecule has 0 radical (unpaired) electrons.